The van der Waals surface area contributed by atoms with E-state index in [9.17, 15) is 9.59 Å². The molecule has 5 heteroatoms. The SMILES string of the molecule is COC(=O)c1ccc2c(c1)CC1(CCN(C(=O)O)C1)C2. The van der Waals surface area contributed by atoms with Gasteiger partial charge < -0.3 is 14.7 Å². The summed E-state index contributed by atoms with van der Waals surface area (Å²) in [7, 11) is 1.37. The Labute approximate surface area is 117 Å². The molecule has 1 heterocycles. The highest BCUT2D eigenvalue weighted by Gasteiger charge is 2.44. The Morgan fingerprint density at radius 1 is 1.30 bits per heavy atom. The molecule has 0 aromatic heterocycles. The molecule has 1 fully saturated rings. The molecular formula is C15H17NO4. The van der Waals surface area contributed by atoms with E-state index in [0.29, 0.717) is 18.7 Å². The van der Waals surface area contributed by atoms with E-state index < -0.39 is 6.09 Å². The first kappa shape index (κ1) is 13.0. The van der Waals surface area contributed by atoms with Crippen LogP contribution in [-0.4, -0.2) is 42.3 Å². The molecule has 1 aliphatic carbocycles. The van der Waals surface area contributed by atoms with Gasteiger partial charge in [0, 0.05) is 13.1 Å². The van der Waals surface area contributed by atoms with Crippen LogP contribution in [0.4, 0.5) is 4.79 Å². The Morgan fingerprint density at radius 2 is 2.05 bits per heavy atom. The molecule has 1 spiro atoms. The summed E-state index contributed by atoms with van der Waals surface area (Å²) in [6.45, 7) is 1.19. The maximum Gasteiger partial charge on any atom is 0.407 e. The van der Waals surface area contributed by atoms with Gasteiger partial charge in [-0.25, -0.2) is 9.59 Å². The van der Waals surface area contributed by atoms with Crippen LogP contribution in [0.2, 0.25) is 0 Å². The fourth-order valence-corrected chi connectivity index (χ4v) is 3.47. The monoisotopic (exact) mass is 275 g/mol. The second-order valence-electron chi connectivity index (χ2n) is 5.78. The Bertz CT molecular complexity index is 583. The lowest BCUT2D eigenvalue weighted by molar-refractivity contribution is 0.0600. The van der Waals surface area contributed by atoms with E-state index in [0.717, 1.165) is 24.8 Å². The average Bonchev–Trinajstić information content (AvgIpc) is 3.00. The molecule has 1 amide bonds. The van der Waals surface area contributed by atoms with Crippen molar-refractivity contribution in [2.24, 2.45) is 5.41 Å². The number of carbonyl (C=O) groups excluding carboxylic acids is 1. The fourth-order valence-electron chi connectivity index (χ4n) is 3.47. The molecule has 5 nitrogen and oxygen atoms in total. The molecule has 0 saturated carbocycles. The second kappa shape index (κ2) is 4.51. The van der Waals surface area contributed by atoms with Gasteiger partial charge in [-0.2, -0.15) is 0 Å². The van der Waals surface area contributed by atoms with Crippen molar-refractivity contribution in [3.8, 4) is 0 Å². The first-order valence-electron chi connectivity index (χ1n) is 6.71. The van der Waals surface area contributed by atoms with Crippen LogP contribution in [0.1, 0.15) is 27.9 Å². The molecule has 0 radical (unpaired) electrons. The summed E-state index contributed by atoms with van der Waals surface area (Å²) in [4.78, 5) is 24.1. The van der Waals surface area contributed by atoms with Crippen molar-refractivity contribution in [1.29, 1.82) is 0 Å². The van der Waals surface area contributed by atoms with E-state index >= 15 is 0 Å². The summed E-state index contributed by atoms with van der Waals surface area (Å²) in [6.07, 6.45) is 1.79. The Balaban J connectivity index is 1.82. The van der Waals surface area contributed by atoms with Gasteiger partial charge in [0.1, 0.15) is 0 Å². The largest absolute Gasteiger partial charge is 0.465 e. The molecule has 1 aromatic carbocycles. The van der Waals surface area contributed by atoms with E-state index in [1.165, 1.54) is 17.6 Å². The van der Waals surface area contributed by atoms with Crippen molar-refractivity contribution >= 4 is 12.1 Å². The van der Waals surface area contributed by atoms with E-state index in [4.69, 9.17) is 9.84 Å². The summed E-state index contributed by atoms with van der Waals surface area (Å²) in [5, 5.41) is 9.09. The summed E-state index contributed by atoms with van der Waals surface area (Å²) in [5.41, 5.74) is 2.97. The predicted octanol–water partition coefficient (Wildman–Crippen LogP) is 1.94. The molecule has 1 saturated heterocycles. The zero-order chi connectivity index (χ0) is 14.3. The maximum absolute atomic E-state index is 11.6. The van der Waals surface area contributed by atoms with Gasteiger partial charge in [-0.15, -0.1) is 0 Å². The number of benzene rings is 1. The predicted molar refractivity (Wildman–Crippen MR) is 71.8 cm³/mol. The van der Waals surface area contributed by atoms with Crippen LogP contribution in [-0.2, 0) is 17.6 Å². The zero-order valence-electron chi connectivity index (χ0n) is 11.4. The summed E-state index contributed by atoms with van der Waals surface area (Å²) in [6, 6.07) is 5.65. The summed E-state index contributed by atoms with van der Waals surface area (Å²) >= 11 is 0. The molecule has 106 valence electrons. The minimum absolute atomic E-state index is 0.0233. The van der Waals surface area contributed by atoms with Crippen molar-refractivity contribution in [2.75, 3.05) is 20.2 Å². The molecule has 1 unspecified atom stereocenters. The Kier molecular flexibility index (Phi) is 2.92. The number of likely N-dealkylation sites (tertiary alicyclic amines) is 1. The van der Waals surface area contributed by atoms with Crippen LogP contribution in [0.5, 0.6) is 0 Å². The number of esters is 1. The van der Waals surface area contributed by atoms with Gasteiger partial charge in [-0.3, -0.25) is 0 Å². The third kappa shape index (κ3) is 2.03. The number of nitrogens with zero attached hydrogens (tertiary/aromatic N) is 1. The van der Waals surface area contributed by atoms with Gasteiger partial charge in [-0.05, 0) is 47.9 Å². The molecule has 0 bridgehead atoms. The van der Waals surface area contributed by atoms with Crippen molar-refractivity contribution in [3.05, 3.63) is 34.9 Å². The zero-order valence-corrected chi connectivity index (χ0v) is 11.4. The van der Waals surface area contributed by atoms with Crippen molar-refractivity contribution in [2.45, 2.75) is 19.3 Å². The average molecular weight is 275 g/mol. The number of carbonyl (C=O) groups is 2. The first-order chi connectivity index (χ1) is 9.53. The van der Waals surface area contributed by atoms with Crippen molar-refractivity contribution in [3.63, 3.8) is 0 Å². The van der Waals surface area contributed by atoms with E-state index in [1.807, 2.05) is 12.1 Å². The van der Waals surface area contributed by atoms with Crippen LogP contribution >= 0.6 is 0 Å². The molecular weight excluding hydrogens is 258 g/mol. The summed E-state index contributed by atoms with van der Waals surface area (Å²) < 4.78 is 4.74. The lowest BCUT2D eigenvalue weighted by Gasteiger charge is -2.22. The molecule has 3 rings (SSSR count). The maximum atomic E-state index is 11.6. The highest BCUT2D eigenvalue weighted by molar-refractivity contribution is 5.89. The lowest BCUT2D eigenvalue weighted by atomic mass is 9.84. The first-order valence-corrected chi connectivity index (χ1v) is 6.71. The minimum atomic E-state index is -0.840. The van der Waals surface area contributed by atoms with E-state index in [1.54, 1.807) is 6.07 Å². The van der Waals surface area contributed by atoms with Gasteiger partial charge in [0.25, 0.3) is 0 Å². The third-order valence-electron chi connectivity index (χ3n) is 4.47. The normalized spacial score (nSPS) is 23.9. The standard InChI is InChI=1S/C15H17NO4/c1-20-13(17)10-2-3-11-7-15(8-12(11)6-10)4-5-16(9-15)14(18)19/h2-3,6H,4-5,7-9H2,1H3,(H,18,19). The number of hydrogen-bond acceptors (Lipinski definition) is 3. The van der Waals surface area contributed by atoms with Crippen LogP contribution in [0.3, 0.4) is 0 Å². The molecule has 2 aliphatic rings. The molecule has 1 aliphatic heterocycles. The Hall–Kier alpha value is -2.04. The smallest absolute Gasteiger partial charge is 0.407 e. The van der Waals surface area contributed by atoms with Crippen LogP contribution in [0.25, 0.3) is 0 Å². The lowest BCUT2D eigenvalue weighted by Crippen LogP contribution is -2.31. The quantitative estimate of drug-likeness (QED) is 0.795. The van der Waals surface area contributed by atoms with Gasteiger partial charge in [0.05, 0.1) is 12.7 Å². The number of ether oxygens (including phenoxy) is 1. The van der Waals surface area contributed by atoms with Crippen LogP contribution in [0.15, 0.2) is 18.2 Å². The van der Waals surface area contributed by atoms with Gasteiger partial charge >= 0.3 is 12.1 Å². The minimum Gasteiger partial charge on any atom is -0.465 e. The highest BCUT2D eigenvalue weighted by Crippen LogP contribution is 2.44. The topological polar surface area (TPSA) is 66.8 Å². The van der Waals surface area contributed by atoms with Gasteiger partial charge in [-0.1, -0.05) is 6.07 Å². The van der Waals surface area contributed by atoms with Gasteiger partial charge in [0.2, 0.25) is 0 Å². The van der Waals surface area contributed by atoms with Gasteiger partial charge in [0.15, 0.2) is 0 Å². The number of amides is 1. The van der Waals surface area contributed by atoms with Crippen LogP contribution in [0, 0.1) is 5.41 Å². The number of hydrogen-bond donors (Lipinski definition) is 1. The summed E-state index contributed by atoms with van der Waals surface area (Å²) in [5.74, 6) is -0.327. The number of rotatable bonds is 1. The Morgan fingerprint density at radius 3 is 2.70 bits per heavy atom. The van der Waals surface area contributed by atoms with E-state index in [2.05, 4.69) is 0 Å². The fraction of sp³-hybridized carbons (Fsp3) is 0.467. The second-order valence-corrected chi connectivity index (χ2v) is 5.78. The third-order valence-corrected chi connectivity index (χ3v) is 4.47. The van der Waals surface area contributed by atoms with Crippen molar-refractivity contribution < 1.29 is 19.4 Å². The molecule has 1 atom stereocenters. The van der Waals surface area contributed by atoms with E-state index in [-0.39, 0.29) is 11.4 Å². The van der Waals surface area contributed by atoms with Crippen molar-refractivity contribution in [1.82, 2.24) is 4.90 Å². The number of methoxy groups -OCH3 is 1. The van der Waals surface area contributed by atoms with Crippen LogP contribution < -0.4 is 0 Å². The number of fused-ring (bicyclic) bond motifs is 1. The molecule has 1 aromatic rings. The number of carboxylic acid groups (broad SMARTS) is 1. The molecule has 1 N–H and O–H groups in total. The molecule has 20 heavy (non-hydrogen) atoms. The highest BCUT2D eigenvalue weighted by atomic mass is 16.5.